The predicted octanol–water partition coefficient (Wildman–Crippen LogP) is 4.46. The van der Waals surface area contributed by atoms with E-state index in [0.29, 0.717) is 0 Å². The topological polar surface area (TPSA) is 17.3 Å². The third kappa shape index (κ3) is 1.77. The summed E-state index contributed by atoms with van der Waals surface area (Å²) in [4.78, 5) is 4.69. The van der Waals surface area contributed by atoms with Crippen LogP contribution >= 0.6 is 0 Å². The van der Waals surface area contributed by atoms with Crippen LogP contribution in [0, 0.1) is 6.92 Å². The van der Waals surface area contributed by atoms with Crippen molar-refractivity contribution in [3.8, 4) is 11.3 Å². The molecule has 0 saturated heterocycles. The van der Waals surface area contributed by atoms with Crippen LogP contribution in [0.4, 0.5) is 0 Å². The van der Waals surface area contributed by atoms with Crippen LogP contribution in [0.3, 0.4) is 0 Å². The average molecular weight is 258 g/mol. The molecule has 0 aliphatic rings. The van der Waals surface area contributed by atoms with Crippen LogP contribution in [0.15, 0.2) is 67.0 Å². The lowest BCUT2D eigenvalue weighted by molar-refractivity contribution is 1.16. The van der Waals surface area contributed by atoms with Crippen LogP contribution in [0.25, 0.3) is 27.7 Å². The Balaban J connectivity index is 1.91. The van der Waals surface area contributed by atoms with E-state index in [-0.39, 0.29) is 0 Å². The van der Waals surface area contributed by atoms with Crippen molar-refractivity contribution in [2.45, 2.75) is 6.92 Å². The molecule has 0 aliphatic carbocycles. The fourth-order valence-corrected chi connectivity index (χ4v) is 2.59. The van der Waals surface area contributed by atoms with Crippen LogP contribution in [-0.4, -0.2) is 9.38 Å². The lowest BCUT2D eigenvalue weighted by Crippen LogP contribution is -1.82. The molecule has 0 radical (unpaired) electrons. The van der Waals surface area contributed by atoms with Crippen LogP contribution in [-0.2, 0) is 0 Å². The van der Waals surface area contributed by atoms with Gasteiger partial charge in [0.15, 0.2) is 0 Å². The highest BCUT2D eigenvalue weighted by Gasteiger charge is 2.05. The molecule has 0 unspecified atom stereocenters. The fraction of sp³-hybridized carbons (Fsp3) is 0.0556. The molecule has 0 saturated carbocycles. The minimum atomic E-state index is 0.985. The van der Waals surface area contributed by atoms with E-state index in [9.17, 15) is 0 Å². The van der Waals surface area contributed by atoms with E-state index in [2.05, 4.69) is 78.3 Å². The summed E-state index contributed by atoms with van der Waals surface area (Å²) in [6, 6.07) is 19.0. The highest BCUT2D eigenvalue weighted by atomic mass is 15.0. The van der Waals surface area contributed by atoms with Gasteiger partial charge in [0, 0.05) is 18.0 Å². The summed E-state index contributed by atoms with van der Waals surface area (Å²) >= 11 is 0. The summed E-state index contributed by atoms with van der Waals surface area (Å²) in [5, 5.41) is 2.51. The van der Waals surface area contributed by atoms with E-state index < -0.39 is 0 Å². The summed E-state index contributed by atoms with van der Waals surface area (Å²) in [5.41, 5.74) is 4.39. The van der Waals surface area contributed by atoms with Gasteiger partial charge in [0.2, 0.25) is 0 Å². The predicted molar refractivity (Wildman–Crippen MR) is 82.9 cm³/mol. The zero-order chi connectivity index (χ0) is 13.5. The Morgan fingerprint density at radius 2 is 1.70 bits per heavy atom. The Kier molecular flexibility index (Phi) is 2.36. The zero-order valence-corrected chi connectivity index (χ0v) is 11.2. The Labute approximate surface area is 117 Å². The summed E-state index contributed by atoms with van der Waals surface area (Å²) in [6.45, 7) is 2.09. The number of aromatic nitrogens is 2. The van der Waals surface area contributed by atoms with Crippen molar-refractivity contribution in [1.82, 2.24) is 9.38 Å². The molecule has 0 bridgehead atoms. The van der Waals surface area contributed by atoms with Crippen LogP contribution in [0.2, 0.25) is 0 Å². The van der Waals surface area contributed by atoms with Crippen LogP contribution in [0.5, 0.6) is 0 Å². The number of benzene rings is 2. The van der Waals surface area contributed by atoms with Gasteiger partial charge in [-0.1, -0.05) is 42.5 Å². The van der Waals surface area contributed by atoms with Crippen molar-refractivity contribution in [2.75, 3.05) is 0 Å². The number of fused-ring (bicyclic) bond motifs is 2. The average Bonchev–Trinajstić information content (AvgIpc) is 2.89. The first-order chi connectivity index (χ1) is 9.79. The second-order valence-electron chi connectivity index (χ2n) is 5.16. The number of nitrogens with zero attached hydrogens (tertiary/aromatic N) is 2. The molecule has 96 valence electrons. The second kappa shape index (κ2) is 4.20. The van der Waals surface area contributed by atoms with Crippen molar-refractivity contribution in [3.05, 3.63) is 72.6 Å². The number of imidazole rings is 1. The summed E-state index contributed by atoms with van der Waals surface area (Å²) in [6.07, 6.45) is 4.19. The lowest BCUT2D eigenvalue weighted by atomic mass is 10.1. The quantitative estimate of drug-likeness (QED) is 0.492. The molecule has 0 fully saturated rings. The van der Waals surface area contributed by atoms with Crippen LogP contribution in [0.1, 0.15) is 5.56 Å². The van der Waals surface area contributed by atoms with Gasteiger partial charge in [-0.05, 0) is 35.4 Å². The Morgan fingerprint density at radius 1 is 0.850 bits per heavy atom. The molecule has 2 aromatic carbocycles. The largest absolute Gasteiger partial charge is 0.306 e. The summed E-state index contributed by atoms with van der Waals surface area (Å²) in [5.74, 6) is 0. The highest BCUT2D eigenvalue weighted by Crippen LogP contribution is 2.24. The lowest BCUT2D eigenvalue weighted by Gasteiger charge is -2.00. The Bertz CT molecular complexity index is 919. The zero-order valence-electron chi connectivity index (χ0n) is 11.2. The van der Waals surface area contributed by atoms with E-state index in [1.807, 2.05) is 0 Å². The number of hydrogen-bond donors (Lipinski definition) is 0. The standard InChI is InChI=1S/C18H14N2/c1-13-6-9-18-19-17(12-20(18)11-13)16-8-7-14-4-2-3-5-15(14)10-16/h2-12H,1H3. The van der Waals surface area contributed by atoms with Crippen molar-refractivity contribution < 1.29 is 0 Å². The number of aryl methyl sites for hydroxylation is 1. The minimum absolute atomic E-state index is 0.985. The van der Waals surface area contributed by atoms with E-state index in [0.717, 1.165) is 16.9 Å². The first kappa shape index (κ1) is 11.2. The van der Waals surface area contributed by atoms with Crippen molar-refractivity contribution in [1.29, 1.82) is 0 Å². The normalized spacial score (nSPS) is 11.2. The SMILES string of the molecule is Cc1ccc2nc(-c3ccc4ccccc4c3)cn2c1. The van der Waals surface area contributed by atoms with Gasteiger partial charge in [0.25, 0.3) is 0 Å². The highest BCUT2D eigenvalue weighted by molar-refractivity contribution is 5.86. The molecule has 0 amide bonds. The molecule has 2 heterocycles. The van der Waals surface area contributed by atoms with E-state index in [4.69, 9.17) is 4.98 Å². The third-order valence-corrected chi connectivity index (χ3v) is 3.64. The maximum Gasteiger partial charge on any atom is 0.137 e. The molecular weight excluding hydrogens is 244 g/mol. The van der Waals surface area contributed by atoms with Crippen molar-refractivity contribution in [3.63, 3.8) is 0 Å². The smallest absolute Gasteiger partial charge is 0.137 e. The monoisotopic (exact) mass is 258 g/mol. The first-order valence-electron chi connectivity index (χ1n) is 6.74. The maximum absolute atomic E-state index is 4.69. The van der Waals surface area contributed by atoms with Crippen molar-refractivity contribution >= 4 is 16.4 Å². The van der Waals surface area contributed by atoms with Crippen LogP contribution < -0.4 is 0 Å². The van der Waals surface area contributed by atoms with Gasteiger partial charge in [0.1, 0.15) is 5.65 Å². The van der Waals surface area contributed by atoms with E-state index in [1.54, 1.807) is 0 Å². The van der Waals surface area contributed by atoms with Gasteiger partial charge >= 0.3 is 0 Å². The molecule has 2 heteroatoms. The van der Waals surface area contributed by atoms with Gasteiger partial charge < -0.3 is 4.40 Å². The summed E-state index contributed by atoms with van der Waals surface area (Å²) < 4.78 is 2.08. The number of pyridine rings is 1. The molecule has 2 aromatic heterocycles. The molecule has 0 spiro atoms. The molecule has 0 N–H and O–H groups in total. The Hall–Kier alpha value is -2.61. The summed E-state index contributed by atoms with van der Waals surface area (Å²) in [7, 11) is 0. The van der Waals surface area contributed by atoms with Crippen molar-refractivity contribution in [2.24, 2.45) is 0 Å². The van der Waals surface area contributed by atoms with Gasteiger partial charge in [-0.15, -0.1) is 0 Å². The van der Waals surface area contributed by atoms with Gasteiger partial charge in [-0.25, -0.2) is 4.98 Å². The Morgan fingerprint density at radius 3 is 2.60 bits per heavy atom. The fourth-order valence-electron chi connectivity index (χ4n) is 2.59. The van der Waals surface area contributed by atoms with E-state index in [1.165, 1.54) is 16.3 Å². The third-order valence-electron chi connectivity index (χ3n) is 3.64. The molecule has 20 heavy (non-hydrogen) atoms. The number of hydrogen-bond acceptors (Lipinski definition) is 1. The van der Waals surface area contributed by atoms with Gasteiger partial charge in [-0.3, -0.25) is 0 Å². The first-order valence-corrected chi connectivity index (χ1v) is 6.74. The molecular formula is C18H14N2. The maximum atomic E-state index is 4.69. The molecule has 0 atom stereocenters. The molecule has 0 aliphatic heterocycles. The second-order valence-corrected chi connectivity index (χ2v) is 5.16. The number of rotatable bonds is 1. The molecule has 4 rings (SSSR count). The van der Waals surface area contributed by atoms with Gasteiger partial charge in [-0.2, -0.15) is 0 Å². The van der Waals surface area contributed by atoms with E-state index >= 15 is 0 Å². The molecule has 2 nitrogen and oxygen atoms in total. The molecule has 4 aromatic rings. The van der Waals surface area contributed by atoms with Gasteiger partial charge in [0.05, 0.1) is 5.69 Å². The minimum Gasteiger partial charge on any atom is -0.306 e.